The molecule has 0 saturated carbocycles. The maximum absolute atomic E-state index is 11.7. The molecule has 27 heavy (non-hydrogen) atoms. The predicted molar refractivity (Wildman–Crippen MR) is 119 cm³/mol. The van der Waals surface area contributed by atoms with Gasteiger partial charge in [0.25, 0.3) is 0 Å². The fourth-order valence-electron chi connectivity index (χ4n) is 2.05. The van der Waals surface area contributed by atoms with E-state index in [1.54, 1.807) is 0 Å². The molecule has 1 rings (SSSR count). The fourth-order valence-corrected chi connectivity index (χ4v) is 5.02. The molecule has 1 aromatic carbocycles. The van der Waals surface area contributed by atoms with Crippen molar-refractivity contribution >= 4 is 55.7 Å². The largest absolute Gasteiger partial charge is 0.492 e. The summed E-state index contributed by atoms with van der Waals surface area (Å²) in [6, 6.07) is 5.69. The summed E-state index contributed by atoms with van der Waals surface area (Å²) in [4.78, 5) is 4.13. The molecule has 0 aromatic heterocycles. The number of hydrogen-bond acceptors (Lipinski definition) is 6. The summed E-state index contributed by atoms with van der Waals surface area (Å²) in [7, 11) is -7.94. The van der Waals surface area contributed by atoms with Gasteiger partial charge in [0.05, 0.1) is 24.7 Å². The number of hydrogen-bond donors (Lipinski definition) is 2. The van der Waals surface area contributed by atoms with E-state index in [2.05, 4.69) is 10.3 Å². The first-order valence-electron chi connectivity index (χ1n) is 7.71. The van der Waals surface area contributed by atoms with Crippen LogP contribution in [0.1, 0.15) is 20.8 Å². The first-order valence-corrected chi connectivity index (χ1v) is 11.4. The number of halogens is 1. The lowest BCUT2D eigenvalue weighted by Crippen LogP contribution is -2.45. The normalized spacial score (nSPS) is 12.9. The molecule has 0 aliphatic heterocycles. The van der Waals surface area contributed by atoms with Crippen molar-refractivity contribution in [2.45, 2.75) is 26.3 Å². The highest BCUT2D eigenvalue weighted by Crippen LogP contribution is 2.23. The predicted octanol–water partition coefficient (Wildman–Crippen LogP) is 1.11. The first-order chi connectivity index (χ1) is 11.7. The molecule has 0 spiro atoms. The summed E-state index contributed by atoms with van der Waals surface area (Å²) in [5.41, 5.74) is 5.57. The van der Waals surface area contributed by atoms with Crippen LogP contribution in [0.4, 0.5) is 5.69 Å². The lowest BCUT2D eigenvalue weighted by molar-refractivity contribution is 0.328. The molecule has 0 fully saturated rings. The van der Waals surface area contributed by atoms with E-state index in [1.165, 1.54) is 24.3 Å². The van der Waals surface area contributed by atoms with Crippen LogP contribution in [0, 0.1) is 0 Å². The van der Waals surface area contributed by atoms with Crippen LogP contribution in [0.15, 0.2) is 29.3 Å². The molecule has 0 bridgehead atoms. The van der Waals surface area contributed by atoms with E-state index < -0.39 is 20.0 Å². The van der Waals surface area contributed by atoms with Crippen LogP contribution in [-0.2, 0) is 20.0 Å². The highest BCUT2D eigenvalue weighted by molar-refractivity contribution is 14.0. The van der Waals surface area contributed by atoms with E-state index in [9.17, 15) is 16.8 Å². The number of benzene rings is 1. The number of aliphatic imine (C=N–C) groups is 1. The van der Waals surface area contributed by atoms with Gasteiger partial charge in [-0.3, -0.25) is 0 Å². The molecule has 9 nitrogen and oxygen atoms in total. The Morgan fingerprint density at radius 1 is 1.11 bits per heavy atom. The summed E-state index contributed by atoms with van der Waals surface area (Å²) in [6.45, 7) is 6.47. The maximum atomic E-state index is 11.7. The Morgan fingerprint density at radius 3 is 2.00 bits per heavy atom. The number of nitrogens with zero attached hydrogens (tertiary/aromatic N) is 2. The Balaban J connectivity index is 0.00000676. The molecular weight excluding hydrogens is 507 g/mol. The smallest absolute Gasteiger partial charge is 0.245 e. The quantitative estimate of drug-likeness (QED) is 0.232. The van der Waals surface area contributed by atoms with Crippen molar-refractivity contribution in [3.05, 3.63) is 24.3 Å². The number of nitrogens with two attached hydrogens (primary N) is 1. The third-order valence-electron chi connectivity index (χ3n) is 2.80. The molecule has 0 heterocycles. The van der Waals surface area contributed by atoms with E-state index >= 15 is 0 Å². The topological polar surface area (TPSA) is 131 Å². The number of ether oxygens (including phenoxy) is 1. The van der Waals surface area contributed by atoms with Gasteiger partial charge in [-0.2, -0.15) is 3.71 Å². The van der Waals surface area contributed by atoms with E-state index in [-0.39, 0.29) is 41.8 Å². The van der Waals surface area contributed by atoms with Crippen LogP contribution in [0.5, 0.6) is 5.75 Å². The lowest BCUT2D eigenvalue weighted by atomic mass is 10.1. The van der Waals surface area contributed by atoms with Gasteiger partial charge in [-0.1, -0.05) is 0 Å². The standard InChI is InChI=1S/C15H26N4O5S2.HI/c1-15(2,3)18-14(16)17-10-11-24-13-8-6-12(7-9-13)19(25(4,20)21)26(5,22)23;/h6-9H,10-11H2,1-5H3,(H3,16,17,18);1H. The van der Waals surface area contributed by atoms with E-state index in [0.717, 1.165) is 12.5 Å². The number of anilines is 1. The van der Waals surface area contributed by atoms with Gasteiger partial charge < -0.3 is 15.8 Å². The second kappa shape index (κ2) is 9.78. The van der Waals surface area contributed by atoms with Crippen molar-refractivity contribution in [3.63, 3.8) is 0 Å². The molecule has 0 aliphatic carbocycles. The van der Waals surface area contributed by atoms with Gasteiger partial charge >= 0.3 is 0 Å². The lowest BCUT2D eigenvalue weighted by Gasteiger charge is -2.21. The highest BCUT2D eigenvalue weighted by atomic mass is 127. The van der Waals surface area contributed by atoms with Gasteiger partial charge in [-0.25, -0.2) is 21.8 Å². The Labute approximate surface area is 178 Å². The summed E-state index contributed by atoms with van der Waals surface area (Å²) in [5, 5.41) is 3.02. The molecule has 0 aliphatic rings. The fraction of sp³-hybridized carbons (Fsp3) is 0.533. The molecule has 3 N–H and O–H groups in total. The van der Waals surface area contributed by atoms with E-state index in [0.29, 0.717) is 22.0 Å². The minimum absolute atomic E-state index is 0. The molecule has 0 unspecified atom stereocenters. The summed E-state index contributed by atoms with van der Waals surface area (Å²) in [5.74, 6) is 0.765. The Morgan fingerprint density at radius 2 is 1.59 bits per heavy atom. The van der Waals surface area contributed by atoms with Crippen molar-refractivity contribution in [3.8, 4) is 5.75 Å². The average molecular weight is 534 g/mol. The van der Waals surface area contributed by atoms with Crippen molar-refractivity contribution < 1.29 is 21.6 Å². The zero-order valence-electron chi connectivity index (χ0n) is 16.0. The van der Waals surface area contributed by atoms with Crippen LogP contribution in [0.25, 0.3) is 0 Å². The molecule has 0 amide bonds. The monoisotopic (exact) mass is 534 g/mol. The first kappa shape index (κ1) is 25.7. The van der Waals surface area contributed by atoms with Crippen LogP contribution in [0.2, 0.25) is 0 Å². The zero-order chi connectivity index (χ0) is 20.2. The van der Waals surface area contributed by atoms with Gasteiger partial charge in [0.1, 0.15) is 12.4 Å². The highest BCUT2D eigenvalue weighted by Gasteiger charge is 2.27. The minimum atomic E-state index is -3.97. The van der Waals surface area contributed by atoms with Crippen molar-refractivity contribution in [1.82, 2.24) is 5.32 Å². The molecular formula is C15H27IN4O5S2. The molecule has 0 radical (unpaired) electrons. The van der Waals surface area contributed by atoms with Gasteiger partial charge in [-0.05, 0) is 45.0 Å². The van der Waals surface area contributed by atoms with Crippen molar-refractivity contribution in [2.75, 3.05) is 29.4 Å². The van der Waals surface area contributed by atoms with Crippen LogP contribution in [-0.4, -0.2) is 54.0 Å². The van der Waals surface area contributed by atoms with E-state index in [4.69, 9.17) is 10.5 Å². The van der Waals surface area contributed by atoms with Crippen molar-refractivity contribution in [1.29, 1.82) is 0 Å². The number of guanidine groups is 1. The molecule has 0 atom stereocenters. The SMILES string of the molecule is CC(C)(C)NC(N)=NCCOc1ccc(N(S(C)(=O)=O)S(C)(=O)=O)cc1.I. The maximum Gasteiger partial charge on any atom is 0.245 e. The van der Waals surface area contributed by atoms with Crippen LogP contribution in [0.3, 0.4) is 0 Å². The molecule has 0 saturated heterocycles. The van der Waals surface area contributed by atoms with Crippen LogP contribution >= 0.6 is 24.0 Å². The van der Waals surface area contributed by atoms with Gasteiger partial charge in [0.15, 0.2) is 5.96 Å². The second-order valence-corrected chi connectivity index (χ2v) is 10.6. The zero-order valence-corrected chi connectivity index (χ0v) is 19.9. The Hall–Kier alpha value is -1.28. The Kier molecular flexibility index (Phi) is 9.31. The Bertz CT molecular complexity index is 815. The third kappa shape index (κ3) is 9.46. The summed E-state index contributed by atoms with van der Waals surface area (Å²) in [6.07, 6.45) is 1.65. The number of nitrogens with one attached hydrogen (secondary N) is 1. The summed E-state index contributed by atoms with van der Waals surface area (Å²) < 4.78 is 52.7. The number of rotatable bonds is 7. The molecule has 1 aromatic rings. The summed E-state index contributed by atoms with van der Waals surface area (Å²) >= 11 is 0. The van der Waals surface area contributed by atoms with E-state index in [1.807, 2.05) is 20.8 Å². The van der Waals surface area contributed by atoms with Gasteiger partial charge in [-0.15, -0.1) is 24.0 Å². The van der Waals surface area contributed by atoms with Crippen molar-refractivity contribution in [2.24, 2.45) is 10.7 Å². The minimum Gasteiger partial charge on any atom is -0.492 e. The molecule has 156 valence electrons. The van der Waals surface area contributed by atoms with Gasteiger partial charge in [0, 0.05) is 5.54 Å². The average Bonchev–Trinajstić information content (AvgIpc) is 2.40. The second-order valence-electron chi connectivity index (χ2n) is 6.71. The number of sulfonamides is 2. The molecule has 12 heteroatoms. The van der Waals surface area contributed by atoms with Crippen LogP contribution < -0.4 is 19.5 Å². The third-order valence-corrected chi connectivity index (χ3v) is 6.05. The van der Waals surface area contributed by atoms with Gasteiger partial charge in [0.2, 0.25) is 20.0 Å².